The Kier molecular flexibility index (Phi) is 2.22. The Balaban J connectivity index is 2.73. The van der Waals surface area contributed by atoms with Gasteiger partial charge in [0.2, 0.25) is 11.6 Å². The summed E-state index contributed by atoms with van der Waals surface area (Å²) in [7, 11) is 1.74. The van der Waals surface area contributed by atoms with Gasteiger partial charge in [0, 0.05) is 26.4 Å². The summed E-state index contributed by atoms with van der Waals surface area (Å²) in [5.74, 6) is 1.56. The Morgan fingerprint density at radius 1 is 1.38 bits per heavy atom. The van der Waals surface area contributed by atoms with Crippen LogP contribution >= 0.6 is 0 Å². The molecule has 0 saturated heterocycles. The van der Waals surface area contributed by atoms with E-state index in [0.717, 1.165) is 0 Å². The Morgan fingerprint density at radius 2 is 2.06 bits per heavy atom. The Bertz CT molecular complexity index is 554. The van der Waals surface area contributed by atoms with E-state index in [-0.39, 0.29) is 5.82 Å². The smallest absolute Gasteiger partial charge is 0.358 e. The molecule has 2 heterocycles. The highest BCUT2D eigenvalue weighted by atomic mass is 16.6. The molecule has 2 aromatic heterocycles. The van der Waals surface area contributed by atoms with Crippen molar-refractivity contribution in [1.82, 2.24) is 19.1 Å². The third-order valence-corrected chi connectivity index (χ3v) is 2.50. The molecule has 0 atom stereocenters. The van der Waals surface area contributed by atoms with E-state index in [1.165, 1.54) is 0 Å². The summed E-state index contributed by atoms with van der Waals surface area (Å²) in [6.45, 7) is 3.51. The third-order valence-electron chi connectivity index (χ3n) is 2.50. The first-order valence-electron chi connectivity index (χ1n) is 4.70. The molecule has 0 aromatic carbocycles. The largest absolute Gasteiger partial charge is 0.407 e. The van der Waals surface area contributed by atoms with E-state index in [0.29, 0.717) is 17.5 Å². The van der Waals surface area contributed by atoms with Crippen molar-refractivity contribution < 1.29 is 4.92 Å². The molecule has 0 amide bonds. The zero-order chi connectivity index (χ0) is 11.9. The number of hydrogen-bond acceptors (Lipinski definition) is 4. The SMILES string of the molecule is Cc1nccn1-c1c([N+](=O)[O-])nc(C)n1C. The summed E-state index contributed by atoms with van der Waals surface area (Å²) in [6, 6.07) is 0. The minimum Gasteiger partial charge on any atom is -0.358 e. The average Bonchev–Trinajstić information content (AvgIpc) is 2.73. The minimum atomic E-state index is -0.484. The topological polar surface area (TPSA) is 78.8 Å². The highest BCUT2D eigenvalue weighted by molar-refractivity contribution is 5.44. The number of hydrogen-bond donors (Lipinski definition) is 0. The van der Waals surface area contributed by atoms with Gasteiger partial charge in [-0.05, 0) is 16.8 Å². The van der Waals surface area contributed by atoms with Crippen molar-refractivity contribution in [3.8, 4) is 5.82 Å². The molecule has 0 unspecified atom stereocenters. The highest BCUT2D eigenvalue weighted by Crippen LogP contribution is 2.23. The molecule has 2 rings (SSSR count). The molecule has 0 aliphatic carbocycles. The fraction of sp³-hybridized carbons (Fsp3) is 0.333. The minimum absolute atomic E-state index is 0.152. The van der Waals surface area contributed by atoms with Crippen LogP contribution in [0.4, 0.5) is 5.82 Å². The maximum absolute atomic E-state index is 10.9. The number of nitro groups is 1. The van der Waals surface area contributed by atoms with Crippen molar-refractivity contribution in [2.24, 2.45) is 7.05 Å². The van der Waals surface area contributed by atoms with Crippen molar-refractivity contribution in [2.45, 2.75) is 13.8 Å². The first kappa shape index (κ1) is 10.3. The van der Waals surface area contributed by atoms with E-state index in [4.69, 9.17) is 0 Å². The molecule has 7 nitrogen and oxygen atoms in total. The lowest BCUT2D eigenvalue weighted by atomic mass is 10.5. The van der Waals surface area contributed by atoms with E-state index >= 15 is 0 Å². The number of aromatic nitrogens is 4. The summed E-state index contributed by atoms with van der Waals surface area (Å²) >= 11 is 0. The first-order valence-corrected chi connectivity index (χ1v) is 4.70. The lowest BCUT2D eigenvalue weighted by molar-refractivity contribution is -0.389. The maximum Gasteiger partial charge on any atom is 0.407 e. The Hall–Kier alpha value is -2.18. The van der Waals surface area contributed by atoms with Gasteiger partial charge in [-0.25, -0.2) is 4.98 Å². The standard InChI is InChI=1S/C9H11N5O2/c1-6-10-4-5-13(6)9-8(14(15)16)11-7(2)12(9)3/h4-5H,1-3H3. The zero-order valence-electron chi connectivity index (χ0n) is 9.21. The van der Waals surface area contributed by atoms with Crippen LogP contribution < -0.4 is 0 Å². The Morgan fingerprint density at radius 3 is 2.56 bits per heavy atom. The van der Waals surface area contributed by atoms with Gasteiger partial charge in [-0.2, -0.15) is 0 Å². The number of rotatable bonds is 2. The molecular weight excluding hydrogens is 210 g/mol. The zero-order valence-corrected chi connectivity index (χ0v) is 9.21. The lowest BCUT2D eigenvalue weighted by Gasteiger charge is -2.04. The molecule has 84 valence electrons. The van der Waals surface area contributed by atoms with E-state index in [1.54, 1.807) is 42.4 Å². The van der Waals surface area contributed by atoms with Crippen LogP contribution in [0, 0.1) is 24.0 Å². The monoisotopic (exact) mass is 221 g/mol. The predicted molar refractivity (Wildman–Crippen MR) is 56.5 cm³/mol. The molecule has 0 aliphatic rings. The molecule has 2 aromatic rings. The molecule has 7 heteroatoms. The van der Waals surface area contributed by atoms with Crippen molar-refractivity contribution >= 4 is 5.82 Å². The molecule has 0 saturated carbocycles. The number of aryl methyl sites for hydroxylation is 2. The summed E-state index contributed by atoms with van der Waals surface area (Å²) < 4.78 is 3.32. The normalized spacial score (nSPS) is 10.7. The van der Waals surface area contributed by atoms with Crippen LogP contribution in [0.3, 0.4) is 0 Å². The predicted octanol–water partition coefficient (Wildman–Crippen LogP) is 1.13. The highest BCUT2D eigenvalue weighted by Gasteiger charge is 2.25. The second kappa shape index (κ2) is 3.44. The first-order chi connectivity index (χ1) is 7.52. The van der Waals surface area contributed by atoms with Crippen LogP contribution in [0.25, 0.3) is 5.82 Å². The van der Waals surface area contributed by atoms with Gasteiger partial charge in [-0.15, -0.1) is 0 Å². The van der Waals surface area contributed by atoms with Gasteiger partial charge in [0.25, 0.3) is 0 Å². The van der Waals surface area contributed by atoms with Gasteiger partial charge in [-0.3, -0.25) is 9.13 Å². The third kappa shape index (κ3) is 1.37. The van der Waals surface area contributed by atoms with Gasteiger partial charge in [0.05, 0.1) is 0 Å². The Labute approximate surface area is 91.5 Å². The summed E-state index contributed by atoms with van der Waals surface area (Å²) in [6.07, 6.45) is 3.28. The van der Waals surface area contributed by atoms with Crippen molar-refractivity contribution in [2.75, 3.05) is 0 Å². The quantitative estimate of drug-likeness (QED) is 0.562. The van der Waals surface area contributed by atoms with Crippen molar-refractivity contribution in [3.05, 3.63) is 34.2 Å². The molecule has 0 radical (unpaired) electrons. The number of nitrogens with zero attached hydrogens (tertiary/aromatic N) is 5. The summed E-state index contributed by atoms with van der Waals surface area (Å²) in [5.41, 5.74) is 0. The number of imidazole rings is 2. The lowest BCUT2D eigenvalue weighted by Crippen LogP contribution is -2.06. The van der Waals surface area contributed by atoms with Gasteiger partial charge in [0.1, 0.15) is 5.82 Å². The second-order valence-corrected chi connectivity index (χ2v) is 3.47. The fourth-order valence-electron chi connectivity index (χ4n) is 1.58. The molecule has 0 bridgehead atoms. The summed E-state index contributed by atoms with van der Waals surface area (Å²) in [5, 5.41) is 10.9. The van der Waals surface area contributed by atoms with Crippen LogP contribution in [-0.2, 0) is 7.05 Å². The molecular formula is C9H11N5O2. The van der Waals surface area contributed by atoms with E-state index < -0.39 is 4.92 Å². The summed E-state index contributed by atoms with van der Waals surface area (Å²) in [4.78, 5) is 18.4. The van der Waals surface area contributed by atoms with E-state index in [2.05, 4.69) is 9.97 Å². The molecule has 0 aliphatic heterocycles. The molecule has 0 spiro atoms. The molecule has 0 N–H and O–H groups in total. The van der Waals surface area contributed by atoms with Crippen LogP contribution in [-0.4, -0.2) is 24.0 Å². The second-order valence-electron chi connectivity index (χ2n) is 3.47. The van der Waals surface area contributed by atoms with Gasteiger partial charge in [0.15, 0.2) is 0 Å². The van der Waals surface area contributed by atoms with Crippen LogP contribution in [0.2, 0.25) is 0 Å². The fourth-order valence-corrected chi connectivity index (χ4v) is 1.58. The molecule has 16 heavy (non-hydrogen) atoms. The van der Waals surface area contributed by atoms with Crippen molar-refractivity contribution in [3.63, 3.8) is 0 Å². The molecule has 0 fully saturated rings. The van der Waals surface area contributed by atoms with Gasteiger partial charge in [-0.1, -0.05) is 0 Å². The van der Waals surface area contributed by atoms with Crippen LogP contribution in [0.1, 0.15) is 11.6 Å². The van der Waals surface area contributed by atoms with Gasteiger partial charge < -0.3 is 10.1 Å². The average molecular weight is 221 g/mol. The van der Waals surface area contributed by atoms with E-state index in [1.807, 2.05) is 0 Å². The maximum atomic E-state index is 10.9. The van der Waals surface area contributed by atoms with Crippen LogP contribution in [0.15, 0.2) is 12.4 Å². The van der Waals surface area contributed by atoms with Crippen molar-refractivity contribution in [1.29, 1.82) is 0 Å². The van der Waals surface area contributed by atoms with Gasteiger partial charge >= 0.3 is 5.82 Å². The van der Waals surface area contributed by atoms with E-state index in [9.17, 15) is 10.1 Å². The van der Waals surface area contributed by atoms with Crippen LogP contribution in [0.5, 0.6) is 0 Å².